The van der Waals surface area contributed by atoms with Gasteiger partial charge in [-0.2, -0.15) is 11.8 Å². The zero-order chi connectivity index (χ0) is 13.3. The molecule has 0 aromatic carbocycles. The molecule has 0 aliphatic rings. The van der Waals surface area contributed by atoms with Crippen molar-refractivity contribution in [1.29, 1.82) is 0 Å². The van der Waals surface area contributed by atoms with Crippen molar-refractivity contribution in [2.24, 2.45) is 0 Å². The second kappa shape index (κ2) is 9.19. The fourth-order valence-electron chi connectivity index (χ4n) is 1.46. The summed E-state index contributed by atoms with van der Waals surface area (Å²) < 4.78 is 26.0. The molecular weight excluding hydrogens is 256 g/mol. The number of nitrogens with one attached hydrogen (secondary N) is 2. The third-order valence-corrected chi connectivity index (χ3v) is 4.61. The second-order valence-corrected chi connectivity index (χ2v) is 7.39. The molecule has 0 aromatic heterocycles. The summed E-state index contributed by atoms with van der Waals surface area (Å²) in [5, 5.41) is 3.27. The molecule has 1 unspecified atom stereocenters. The summed E-state index contributed by atoms with van der Waals surface area (Å²) in [4.78, 5) is 0. The average Bonchev–Trinajstić information content (AvgIpc) is 2.15. The van der Waals surface area contributed by atoms with Crippen molar-refractivity contribution in [3.05, 3.63) is 0 Å². The third kappa shape index (κ3) is 11.1. The molecule has 4 nitrogen and oxygen atoms in total. The van der Waals surface area contributed by atoms with Crippen LogP contribution in [0, 0.1) is 0 Å². The van der Waals surface area contributed by atoms with Crippen LogP contribution in [0.2, 0.25) is 0 Å². The molecule has 17 heavy (non-hydrogen) atoms. The van der Waals surface area contributed by atoms with Gasteiger partial charge in [-0.25, -0.2) is 13.1 Å². The van der Waals surface area contributed by atoms with E-state index in [2.05, 4.69) is 23.9 Å². The van der Waals surface area contributed by atoms with E-state index in [0.29, 0.717) is 12.5 Å². The van der Waals surface area contributed by atoms with Gasteiger partial charge >= 0.3 is 0 Å². The van der Waals surface area contributed by atoms with Gasteiger partial charge in [0.1, 0.15) is 0 Å². The second-order valence-electron chi connectivity index (χ2n) is 4.61. The highest BCUT2D eigenvalue weighted by Crippen LogP contribution is 2.00. The largest absolute Gasteiger partial charge is 0.315 e. The number of rotatable bonds is 10. The number of hydrogen-bond acceptors (Lipinski definition) is 4. The van der Waals surface area contributed by atoms with Crippen molar-refractivity contribution >= 4 is 21.8 Å². The van der Waals surface area contributed by atoms with Crippen molar-refractivity contribution in [2.75, 3.05) is 24.3 Å². The Hall–Kier alpha value is 0.220. The quantitative estimate of drug-likeness (QED) is 0.595. The van der Waals surface area contributed by atoms with Gasteiger partial charge in [-0.1, -0.05) is 13.8 Å². The van der Waals surface area contributed by atoms with Gasteiger partial charge in [-0.3, -0.25) is 0 Å². The molecule has 0 bridgehead atoms. The van der Waals surface area contributed by atoms with E-state index in [1.807, 2.05) is 13.2 Å². The number of hydrogen-bond donors (Lipinski definition) is 2. The van der Waals surface area contributed by atoms with Crippen molar-refractivity contribution in [3.63, 3.8) is 0 Å². The number of thioether (sulfide) groups is 1. The highest BCUT2D eigenvalue weighted by Gasteiger charge is 2.13. The predicted octanol–water partition coefficient (Wildman–Crippen LogP) is 1.44. The molecule has 0 saturated carbocycles. The fourth-order valence-corrected chi connectivity index (χ4v) is 3.54. The maximum absolute atomic E-state index is 11.7. The molecule has 0 aliphatic carbocycles. The first-order valence-electron chi connectivity index (χ1n) is 6.09. The van der Waals surface area contributed by atoms with E-state index in [-0.39, 0.29) is 11.8 Å². The first-order valence-corrected chi connectivity index (χ1v) is 9.14. The molecule has 104 valence electrons. The molecule has 6 heteroatoms. The van der Waals surface area contributed by atoms with Gasteiger partial charge in [0.15, 0.2) is 0 Å². The molecule has 0 radical (unpaired) electrons. The summed E-state index contributed by atoms with van der Waals surface area (Å²) >= 11 is 1.65. The number of unbranched alkanes of at least 4 members (excludes halogenated alkanes) is 1. The highest BCUT2D eigenvalue weighted by molar-refractivity contribution is 7.98. The van der Waals surface area contributed by atoms with Crippen LogP contribution in [0.5, 0.6) is 0 Å². The molecular formula is C11H26N2O2S2. The molecule has 0 fully saturated rings. The molecule has 0 saturated heterocycles. The van der Waals surface area contributed by atoms with Crippen molar-refractivity contribution in [1.82, 2.24) is 10.0 Å². The Morgan fingerprint density at radius 2 is 1.82 bits per heavy atom. The summed E-state index contributed by atoms with van der Waals surface area (Å²) in [5.74, 6) is 1.04. The van der Waals surface area contributed by atoms with Crippen LogP contribution >= 0.6 is 11.8 Å². The summed E-state index contributed by atoms with van der Waals surface area (Å²) in [6, 6.07) is 0.482. The minimum atomic E-state index is -3.09. The topological polar surface area (TPSA) is 58.2 Å². The van der Waals surface area contributed by atoms with Crippen LogP contribution in [-0.4, -0.2) is 44.8 Å². The molecule has 0 aromatic rings. The van der Waals surface area contributed by atoms with E-state index in [9.17, 15) is 8.42 Å². The zero-order valence-corrected chi connectivity index (χ0v) is 13.0. The first kappa shape index (κ1) is 17.2. The third-order valence-electron chi connectivity index (χ3n) is 2.19. The Morgan fingerprint density at radius 1 is 1.18 bits per heavy atom. The summed E-state index contributed by atoms with van der Waals surface area (Å²) in [7, 11) is -3.09. The van der Waals surface area contributed by atoms with Gasteiger partial charge in [-0.05, 0) is 32.6 Å². The summed E-state index contributed by atoms with van der Waals surface area (Å²) in [5.41, 5.74) is 0. The Kier molecular flexibility index (Phi) is 9.31. The smallest absolute Gasteiger partial charge is 0.211 e. The lowest BCUT2D eigenvalue weighted by Crippen LogP contribution is -2.36. The minimum absolute atomic E-state index is 0.0174. The van der Waals surface area contributed by atoms with E-state index in [1.54, 1.807) is 11.8 Å². The van der Waals surface area contributed by atoms with Crippen LogP contribution in [0.3, 0.4) is 0 Å². The standard InChI is InChI=1S/C11H26N2O2S2/c1-10(2)12-7-5-6-8-17(14,15)13-11(3)9-16-4/h10-13H,5-9H2,1-4H3. The van der Waals surface area contributed by atoms with Gasteiger partial charge in [0.2, 0.25) is 10.0 Å². The Bertz CT molecular complexity index is 279. The van der Waals surface area contributed by atoms with Crippen LogP contribution in [0.1, 0.15) is 33.6 Å². The highest BCUT2D eigenvalue weighted by atomic mass is 32.2. The molecule has 0 spiro atoms. The molecule has 1 atom stereocenters. The molecule has 0 heterocycles. The van der Waals surface area contributed by atoms with Crippen molar-refractivity contribution in [2.45, 2.75) is 45.7 Å². The average molecular weight is 282 g/mol. The lowest BCUT2D eigenvalue weighted by atomic mass is 10.3. The molecule has 2 N–H and O–H groups in total. The molecule has 0 amide bonds. The number of sulfonamides is 1. The summed E-state index contributed by atoms with van der Waals surface area (Å²) in [6.45, 7) is 6.95. The van der Waals surface area contributed by atoms with Crippen LogP contribution in [0.25, 0.3) is 0 Å². The normalized spacial score (nSPS) is 14.2. The fraction of sp³-hybridized carbons (Fsp3) is 1.00. The maximum atomic E-state index is 11.7. The van der Waals surface area contributed by atoms with Crippen LogP contribution < -0.4 is 10.0 Å². The van der Waals surface area contributed by atoms with Crippen LogP contribution in [0.15, 0.2) is 0 Å². The van der Waals surface area contributed by atoms with E-state index in [1.165, 1.54) is 0 Å². The first-order chi connectivity index (χ1) is 7.87. The molecule has 0 rings (SSSR count). The van der Waals surface area contributed by atoms with Gasteiger partial charge in [0.05, 0.1) is 5.75 Å². The van der Waals surface area contributed by atoms with Gasteiger partial charge in [0, 0.05) is 17.8 Å². The van der Waals surface area contributed by atoms with E-state index in [4.69, 9.17) is 0 Å². The Balaban J connectivity index is 3.71. The minimum Gasteiger partial charge on any atom is -0.315 e. The van der Waals surface area contributed by atoms with E-state index in [0.717, 1.165) is 18.7 Å². The van der Waals surface area contributed by atoms with Crippen LogP contribution in [0.4, 0.5) is 0 Å². The predicted molar refractivity (Wildman–Crippen MR) is 77.1 cm³/mol. The monoisotopic (exact) mass is 282 g/mol. The lowest BCUT2D eigenvalue weighted by Gasteiger charge is -2.13. The Labute approximate surface area is 110 Å². The van der Waals surface area contributed by atoms with Gasteiger partial charge in [-0.15, -0.1) is 0 Å². The van der Waals surface area contributed by atoms with Crippen LogP contribution in [-0.2, 0) is 10.0 Å². The van der Waals surface area contributed by atoms with Gasteiger partial charge in [0.25, 0.3) is 0 Å². The zero-order valence-electron chi connectivity index (χ0n) is 11.3. The van der Waals surface area contributed by atoms with E-state index < -0.39 is 10.0 Å². The van der Waals surface area contributed by atoms with Crippen molar-refractivity contribution < 1.29 is 8.42 Å². The summed E-state index contributed by atoms with van der Waals surface area (Å²) in [6.07, 6.45) is 3.58. The maximum Gasteiger partial charge on any atom is 0.211 e. The van der Waals surface area contributed by atoms with E-state index >= 15 is 0 Å². The van der Waals surface area contributed by atoms with Crippen molar-refractivity contribution in [3.8, 4) is 0 Å². The van der Waals surface area contributed by atoms with Gasteiger partial charge < -0.3 is 5.32 Å². The molecule has 0 aliphatic heterocycles. The lowest BCUT2D eigenvalue weighted by molar-refractivity contribution is 0.551. The Morgan fingerprint density at radius 3 is 2.35 bits per heavy atom. The SMILES string of the molecule is CSCC(C)NS(=O)(=O)CCCCNC(C)C.